The van der Waals surface area contributed by atoms with Gasteiger partial charge in [-0.2, -0.15) is 0 Å². The Morgan fingerprint density at radius 2 is 1.54 bits per heavy atom. The van der Waals surface area contributed by atoms with Gasteiger partial charge in [-0.3, -0.25) is 4.79 Å². The van der Waals surface area contributed by atoms with Gasteiger partial charge in [0.25, 0.3) is 0 Å². The second-order valence-corrected chi connectivity index (χ2v) is 8.35. The van der Waals surface area contributed by atoms with E-state index < -0.39 is 0 Å². The maximum atomic E-state index is 13.2. The van der Waals surface area contributed by atoms with Crippen molar-refractivity contribution in [3.8, 4) is 0 Å². The van der Waals surface area contributed by atoms with Crippen molar-refractivity contribution in [1.29, 1.82) is 0 Å². The van der Waals surface area contributed by atoms with Gasteiger partial charge in [-0.15, -0.1) is 0 Å². The molecule has 1 N–H and O–H groups in total. The molecule has 3 heteroatoms. The minimum absolute atomic E-state index is 0.140. The van der Waals surface area contributed by atoms with Crippen LogP contribution in [0.25, 0.3) is 0 Å². The number of aliphatic hydroxyl groups excluding tert-OH is 1. The average Bonchev–Trinajstić information content (AvgIpc) is 2.91. The van der Waals surface area contributed by atoms with Crippen LogP contribution in [0.3, 0.4) is 0 Å². The van der Waals surface area contributed by atoms with Crippen LogP contribution in [0, 0.1) is 5.92 Å². The van der Waals surface area contributed by atoms with E-state index in [1.54, 1.807) is 0 Å². The predicted molar refractivity (Wildman–Crippen MR) is 112 cm³/mol. The molecule has 1 aliphatic heterocycles. The number of fused-ring (bicyclic) bond motifs is 2. The number of rotatable bonds is 4. The summed E-state index contributed by atoms with van der Waals surface area (Å²) in [6.07, 6.45) is 5.02. The van der Waals surface area contributed by atoms with Gasteiger partial charge in [-0.25, -0.2) is 0 Å². The maximum Gasteiger partial charge on any atom is 0.223 e. The Bertz CT molecular complexity index is 775. The summed E-state index contributed by atoms with van der Waals surface area (Å²) in [4.78, 5) is 15.2. The second kappa shape index (κ2) is 8.48. The van der Waals surface area contributed by atoms with E-state index in [4.69, 9.17) is 0 Å². The highest BCUT2D eigenvalue weighted by atomic mass is 16.3. The van der Waals surface area contributed by atoms with Gasteiger partial charge in [-0.1, -0.05) is 55.5 Å². The van der Waals surface area contributed by atoms with Crippen LogP contribution in [0.1, 0.15) is 60.8 Å². The zero-order chi connectivity index (χ0) is 19.5. The van der Waals surface area contributed by atoms with E-state index in [2.05, 4.69) is 48.5 Å². The lowest BCUT2D eigenvalue weighted by molar-refractivity contribution is -0.133. The number of amides is 1. The number of piperidine rings is 1. The summed E-state index contributed by atoms with van der Waals surface area (Å²) in [5.41, 5.74) is 5.39. The number of benzene rings is 2. The monoisotopic (exact) mass is 377 g/mol. The molecule has 4 rings (SSSR count). The number of carbonyl (C=O) groups excluding carboxylic acids is 1. The van der Waals surface area contributed by atoms with Crippen LogP contribution in [0.5, 0.6) is 0 Å². The Morgan fingerprint density at radius 3 is 2.07 bits per heavy atom. The summed E-state index contributed by atoms with van der Waals surface area (Å²) >= 11 is 0. The first kappa shape index (κ1) is 19.2. The van der Waals surface area contributed by atoms with Crippen LogP contribution in [0.15, 0.2) is 48.5 Å². The molecule has 1 aliphatic carbocycles. The molecular formula is C25H31NO2. The third-order valence-electron chi connectivity index (χ3n) is 6.76. The second-order valence-electron chi connectivity index (χ2n) is 8.35. The maximum absolute atomic E-state index is 13.2. The van der Waals surface area contributed by atoms with Gasteiger partial charge in [-0.05, 0) is 60.3 Å². The number of nitrogens with zero attached hydrogens (tertiary/aromatic N) is 1. The van der Waals surface area contributed by atoms with E-state index in [9.17, 15) is 9.90 Å². The highest BCUT2D eigenvalue weighted by Gasteiger charge is 2.30. The molecule has 28 heavy (non-hydrogen) atoms. The first-order valence-electron chi connectivity index (χ1n) is 10.8. The molecular weight excluding hydrogens is 346 g/mol. The van der Waals surface area contributed by atoms with E-state index in [-0.39, 0.29) is 17.9 Å². The van der Waals surface area contributed by atoms with E-state index in [0.717, 1.165) is 45.2 Å². The van der Waals surface area contributed by atoms with Crippen molar-refractivity contribution in [3.63, 3.8) is 0 Å². The summed E-state index contributed by atoms with van der Waals surface area (Å²) in [7, 11) is 0. The van der Waals surface area contributed by atoms with Crippen molar-refractivity contribution >= 4 is 5.91 Å². The van der Waals surface area contributed by atoms with Crippen molar-refractivity contribution in [2.45, 2.75) is 57.5 Å². The fourth-order valence-electron chi connectivity index (χ4n) is 5.03. The summed E-state index contributed by atoms with van der Waals surface area (Å²) in [5, 5.41) is 10.1. The van der Waals surface area contributed by atoms with Crippen LogP contribution in [-0.2, 0) is 17.6 Å². The Hall–Kier alpha value is -2.13. The van der Waals surface area contributed by atoms with Crippen LogP contribution in [0.2, 0.25) is 0 Å². The van der Waals surface area contributed by atoms with E-state index in [1.165, 1.54) is 22.3 Å². The fraction of sp³-hybridized carbons (Fsp3) is 0.480. The lowest BCUT2D eigenvalue weighted by atomic mass is 9.84. The fourth-order valence-corrected chi connectivity index (χ4v) is 5.03. The number of hydrogen-bond acceptors (Lipinski definition) is 2. The van der Waals surface area contributed by atoms with E-state index >= 15 is 0 Å². The first-order valence-corrected chi connectivity index (χ1v) is 10.8. The smallest absolute Gasteiger partial charge is 0.223 e. The summed E-state index contributed by atoms with van der Waals surface area (Å²) < 4.78 is 0. The molecule has 148 valence electrons. The van der Waals surface area contributed by atoms with Crippen LogP contribution >= 0.6 is 0 Å². The predicted octanol–water partition coefficient (Wildman–Crippen LogP) is 4.32. The number of aryl methyl sites for hydroxylation is 2. The van der Waals surface area contributed by atoms with Crippen molar-refractivity contribution < 1.29 is 9.90 Å². The van der Waals surface area contributed by atoms with Gasteiger partial charge in [0.2, 0.25) is 5.91 Å². The highest BCUT2D eigenvalue weighted by Crippen LogP contribution is 2.37. The minimum atomic E-state index is -0.224. The third-order valence-corrected chi connectivity index (χ3v) is 6.76. The van der Waals surface area contributed by atoms with Gasteiger partial charge in [0.15, 0.2) is 0 Å². The van der Waals surface area contributed by atoms with Crippen molar-refractivity contribution in [2.24, 2.45) is 5.92 Å². The molecule has 1 atom stereocenters. The Labute approximate surface area is 168 Å². The van der Waals surface area contributed by atoms with Gasteiger partial charge in [0, 0.05) is 25.4 Å². The summed E-state index contributed by atoms with van der Waals surface area (Å²) in [6.45, 7) is 3.58. The van der Waals surface area contributed by atoms with Gasteiger partial charge >= 0.3 is 0 Å². The molecule has 2 aliphatic rings. The SMILES string of the molecule is CCC(O)C1CCN(C(=O)CC2c3ccccc3CCc3ccccc32)CC1. The Balaban J connectivity index is 1.54. The molecule has 0 bridgehead atoms. The minimum Gasteiger partial charge on any atom is -0.393 e. The molecule has 1 unspecified atom stereocenters. The molecule has 1 saturated heterocycles. The van der Waals surface area contributed by atoms with Crippen molar-refractivity contribution in [1.82, 2.24) is 4.90 Å². The molecule has 3 nitrogen and oxygen atoms in total. The van der Waals surface area contributed by atoms with E-state index in [1.807, 2.05) is 11.8 Å². The Kier molecular flexibility index (Phi) is 5.82. The quantitative estimate of drug-likeness (QED) is 0.862. The average molecular weight is 378 g/mol. The summed E-state index contributed by atoms with van der Waals surface area (Å²) in [6, 6.07) is 17.3. The van der Waals surface area contributed by atoms with Gasteiger partial charge in [0.1, 0.15) is 0 Å². The lowest BCUT2D eigenvalue weighted by Crippen LogP contribution is -2.41. The molecule has 0 aromatic heterocycles. The van der Waals surface area contributed by atoms with Gasteiger partial charge < -0.3 is 10.0 Å². The van der Waals surface area contributed by atoms with E-state index in [0.29, 0.717) is 12.3 Å². The van der Waals surface area contributed by atoms with Crippen LogP contribution in [-0.4, -0.2) is 35.1 Å². The standard InChI is InChI=1S/C25H31NO2/c1-2-24(27)20-13-15-26(16-14-20)25(28)17-23-21-9-5-3-7-18(21)11-12-19-8-4-6-10-22(19)23/h3-10,20,23-24,27H,2,11-17H2,1H3. The molecule has 0 spiro atoms. The van der Waals surface area contributed by atoms with Crippen molar-refractivity contribution in [3.05, 3.63) is 70.8 Å². The molecule has 0 radical (unpaired) electrons. The normalized spacial score (nSPS) is 18.9. The molecule has 2 aromatic carbocycles. The number of hydrogen-bond donors (Lipinski definition) is 1. The molecule has 1 amide bonds. The van der Waals surface area contributed by atoms with Crippen LogP contribution in [0.4, 0.5) is 0 Å². The highest BCUT2D eigenvalue weighted by molar-refractivity contribution is 5.78. The number of likely N-dealkylation sites (tertiary alicyclic amines) is 1. The molecule has 0 saturated carbocycles. The van der Waals surface area contributed by atoms with Gasteiger partial charge in [0.05, 0.1) is 6.10 Å². The van der Waals surface area contributed by atoms with Crippen molar-refractivity contribution in [2.75, 3.05) is 13.1 Å². The summed E-state index contributed by atoms with van der Waals surface area (Å²) in [5.74, 6) is 0.732. The lowest BCUT2D eigenvalue weighted by Gasteiger charge is -2.35. The zero-order valence-corrected chi connectivity index (χ0v) is 16.8. The zero-order valence-electron chi connectivity index (χ0n) is 16.8. The van der Waals surface area contributed by atoms with Crippen LogP contribution < -0.4 is 0 Å². The largest absolute Gasteiger partial charge is 0.393 e. The number of aliphatic hydroxyl groups is 1. The first-order chi connectivity index (χ1) is 13.7. The number of carbonyl (C=O) groups is 1. The Morgan fingerprint density at radius 1 is 1.00 bits per heavy atom. The third kappa shape index (κ3) is 3.86. The molecule has 1 heterocycles. The molecule has 2 aromatic rings. The molecule has 1 fully saturated rings. The topological polar surface area (TPSA) is 40.5 Å².